The van der Waals surface area contributed by atoms with E-state index in [1.54, 1.807) is 24.8 Å². The van der Waals surface area contributed by atoms with Crippen molar-refractivity contribution < 1.29 is 4.79 Å². The van der Waals surface area contributed by atoms with Crippen LogP contribution in [-0.4, -0.2) is 32.1 Å². The molecule has 2 N–H and O–H groups in total. The summed E-state index contributed by atoms with van der Waals surface area (Å²) in [4.78, 5) is 29.2. The van der Waals surface area contributed by atoms with Gasteiger partial charge in [0.2, 0.25) is 0 Å². The molecular formula is C26H27N7O. The smallest absolute Gasteiger partial charge is 0.281 e. The van der Waals surface area contributed by atoms with Gasteiger partial charge in [-0.05, 0) is 79.3 Å². The van der Waals surface area contributed by atoms with Crippen LogP contribution < -0.4 is 10.3 Å². The van der Waals surface area contributed by atoms with Gasteiger partial charge < -0.3 is 10.3 Å². The molecule has 3 aromatic heterocycles. The Morgan fingerprint density at radius 2 is 1.91 bits per heavy atom. The molecule has 2 saturated carbocycles. The van der Waals surface area contributed by atoms with Gasteiger partial charge in [0.05, 0.1) is 18.0 Å². The number of hydrogen-bond donors (Lipinski definition) is 2. The normalized spacial score (nSPS) is 19.9. The van der Waals surface area contributed by atoms with Crippen molar-refractivity contribution in [3.63, 3.8) is 0 Å². The molecule has 2 aliphatic carbocycles. The summed E-state index contributed by atoms with van der Waals surface area (Å²) in [5, 5.41) is 9.31. The first-order valence-corrected chi connectivity index (χ1v) is 11.9. The molecule has 34 heavy (non-hydrogen) atoms. The number of nitrogens with one attached hydrogen (secondary N) is 2. The van der Waals surface area contributed by atoms with Crippen LogP contribution in [0.4, 0.5) is 5.82 Å². The lowest BCUT2D eigenvalue weighted by Crippen LogP contribution is -2.22. The van der Waals surface area contributed by atoms with Crippen molar-refractivity contribution in [1.29, 1.82) is 0 Å². The summed E-state index contributed by atoms with van der Waals surface area (Å²) in [6.45, 7) is 3.04. The molecule has 4 heterocycles. The zero-order chi connectivity index (χ0) is 23.1. The first-order chi connectivity index (χ1) is 16.7. The number of aromatic nitrogens is 4. The molecule has 3 aromatic rings. The van der Waals surface area contributed by atoms with E-state index in [2.05, 4.69) is 37.3 Å². The average Bonchev–Trinajstić information content (AvgIpc) is 3.81. The SMILES string of the molecule is CC(NCc1ccncc1)c1c(C2CC2)[nH]c(/C=C2\C=NN(c3cnccn3)C2=O)c1C1CC1. The highest BCUT2D eigenvalue weighted by atomic mass is 16.2. The van der Waals surface area contributed by atoms with Crippen LogP contribution in [0.25, 0.3) is 6.08 Å². The minimum absolute atomic E-state index is 0.185. The number of hydrogen-bond acceptors (Lipinski definition) is 6. The van der Waals surface area contributed by atoms with Crippen molar-refractivity contribution in [3.05, 3.63) is 76.8 Å². The number of hydrazone groups is 1. The minimum atomic E-state index is -0.185. The van der Waals surface area contributed by atoms with Gasteiger partial charge in [-0.25, -0.2) is 4.98 Å². The Morgan fingerprint density at radius 3 is 2.62 bits per heavy atom. The molecule has 0 bridgehead atoms. The van der Waals surface area contributed by atoms with E-state index in [4.69, 9.17) is 0 Å². The van der Waals surface area contributed by atoms with Crippen molar-refractivity contribution in [1.82, 2.24) is 25.3 Å². The van der Waals surface area contributed by atoms with Gasteiger partial charge in [-0.1, -0.05) is 0 Å². The molecule has 172 valence electrons. The van der Waals surface area contributed by atoms with Crippen molar-refractivity contribution in [3.8, 4) is 0 Å². The fourth-order valence-electron chi connectivity index (χ4n) is 4.70. The number of H-pyrrole nitrogens is 1. The monoisotopic (exact) mass is 453 g/mol. The molecule has 1 atom stereocenters. The van der Waals surface area contributed by atoms with Crippen LogP contribution in [0.2, 0.25) is 0 Å². The Hall–Kier alpha value is -3.65. The summed E-state index contributed by atoms with van der Waals surface area (Å²) in [7, 11) is 0. The third-order valence-corrected chi connectivity index (χ3v) is 6.72. The van der Waals surface area contributed by atoms with Gasteiger partial charge in [0.25, 0.3) is 5.91 Å². The van der Waals surface area contributed by atoms with E-state index in [0.29, 0.717) is 23.2 Å². The predicted octanol–water partition coefficient (Wildman–Crippen LogP) is 4.22. The Bertz CT molecular complexity index is 1260. The van der Waals surface area contributed by atoms with Gasteiger partial charge in [0.1, 0.15) is 0 Å². The average molecular weight is 454 g/mol. The third-order valence-electron chi connectivity index (χ3n) is 6.72. The molecule has 1 aliphatic heterocycles. The highest BCUT2D eigenvalue weighted by Gasteiger charge is 2.38. The topological polar surface area (TPSA) is 99.2 Å². The molecule has 2 fully saturated rings. The number of anilines is 1. The summed E-state index contributed by atoms with van der Waals surface area (Å²) in [5.41, 5.74) is 6.91. The first-order valence-electron chi connectivity index (χ1n) is 11.9. The van der Waals surface area contributed by atoms with E-state index >= 15 is 0 Å². The molecule has 6 rings (SSSR count). The second-order valence-electron chi connectivity index (χ2n) is 9.31. The Labute approximate surface area is 198 Å². The zero-order valence-electron chi connectivity index (χ0n) is 19.1. The number of carbonyl (C=O) groups is 1. The maximum absolute atomic E-state index is 13.1. The van der Waals surface area contributed by atoms with E-state index in [9.17, 15) is 4.79 Å². The number of carbonyl (C=O) groups excluding carboxylic acids is 1. The highest BCUT2D eigenvalue weighted by Crippen LogP contribution is 2.51. The zero-order valence-corrected chi connectivity index (χ0v) is 19.1. The van der Waals surface area contributed by atoms with Gasteiger partial charge in [-0.15, -0.1) is 0 Å². The predicted molar refractivity (Wildman–Crippen MR) is 130 cm³/mol. The van der Waals surface area contributed by atoms with Crippen molar-refractivity contribution >= 4 is 24.0 Å². The molecule has 0 aromatic carbocycles. The van der Waals surface area contributed by atoms with E-state index in [0.717, 1.165) is 12.2 Å². The summed E-state index contributed by atoms with van der Waals surface area (Å²) in [6.07, 6.45) is 16.7. The fraction of sp³-hybridized carbons (Fsp3) is 0.346. The number of nitrogens with zero attached hydrogens (tertiary/aromatic N) is 5. The summed E-state index contributed by atoms with van der Waals surface area (Å²) in [5.74, 6) is 1.36. The lowest BCUT2D eigenvalue weighted by molar-refractivity contribution is -0.114. The second kappa shape index (κ2) is 8.61. The summed E-state index contributed by atoms with van der Waals surface area (Å²) in [6, 6.07) is 4.29. The van der Waals surface area contributed by atoms with Crippen molar-refractivity contribution in [2.24, 2.45) is 5.10 Å². The van der Waals surface area contributed by atoms with Gasteiger partial charge >= 0.3 is 0 Å². The third kappa shape index (κ3) is 4.05. The van der Waals surface area contributed by atoms with E-state index in [-0.39, 0.29) is 11.9 Å². The van der Waals surface area contributed by atoms with Crippen molar-refractivity contribution in [2.45, 2.75) is 57.0 Å². The molecule has 8 nitrogen and oxygen atoms in total. The summed E-state index contributed by atoms with van der Waals surface area (Å²) >= 11 is 0. The van der Waals surface area contributed by atoms with Crippen LogP contribution in [0.5, 0.6) is 0 Å². The molecule has 3 aliphatic rings. The Kier molecular flexibility index (Phi) is 5.30. The molecule has 0 saturated heterocycles. The van der Waals surface area contributed by atoms with Gasteiger partial charge in [-0.3, -0.25) is 14.8 Å². The highest BCUT2D eigenvalue weighted by molar-refractivity contribution is 6.25. The molecular weight excluding hydrogens is 426 g/mol. The number of amides is 1. The van der Waals surface area contributed by atoms with Crippen molar-refractivity contribution in [2.75, 3.05) is 5.01 Å². The van der Waals surface area contributed by atoms with Crippen LogP contribution >= 0.6 is 0 Å². The van der Waals surface area contributed by atoms with Gasteiger partial charge in [0, 0.05) is 48.8 Å². The van der Waals surface area contributed by atoms with Crippen LogP contribution in [0.1, 0.15) is 78.6 Å². The van der Waals surface area contributed by atoms with E-state index in [1.807, 2.05) is 30.6 Å². The fourth-order valence-corrected chi connectivity index (χ4v) is 4.70. The molecule has 1 unspecified atom stereocenters. The van der Waals surface area contributed by atoms with Crippen LogP contribution in [-0.2, 0) is 11.3 Å². The van der Waals surface area contributed by atoms with E-state index in [1.165, 1.54) is 53.1 Å². The molecule has 0 spiro atoms. The standard InChI is InChI=1S/C26H27N7O/c1-16(30-13-17-6-8-27-9-7-17)23-24(18-2-3-18)21(32-25(23)19-4-5-19)12-20-14-31-33(26(20)34)22-15-28-10-11-29-22/h6-12,14-16,18-19,30,32H,2-5,13H2,1H3/b20-12+. The minimum Gasteiger partial charge on any atom is -0.358 e. The Balaban J connectivity index is 1.32. The van der Waals surface area contributed by atoms with Crippen LogP contribution in [0, 0.1) is 0 Å². The first kappa shape index (κ1) is 20.9. The lowest BCUT2D eigenvalue weighted by atomic mass is 9.96. The number of rotatable bonds is 8. The molecule has 8 heteroatoms. The number of pyridine rings is 1. The summed E-state index contributed by atoms with van der Waals surface area (Å²) < 4.78 is 0. The molecule has 1 amide bonds. The molecule has 0 radical (unpaired) electrons. The quantitative estimate of drug-likeness (QED) is 0.498. The van der Waals surface area contributed by atoms with Crippen LogP contribution in [0.15, 0.2) is 53.8 Å². The number of aromatic amines is 1. The largest absolute Gasteiger partial charge is 0.358 e. The maximum Gasteiger partial charge on any atom is 0.281 e. The maximum atomic E-state index is 13.1. The van der Waals surface area contributed by atoms with Gasteiger partial charge in [-0.2, -0.15) is 10.1 Å². The van der Waals surface area contributed by atoms with E-state index < -0.39 is 0 Å². The second-order valence-corrected chi connectivity index (χ2v) is 9.31. The Morgan fingerprint density at radius 1 is 1.12 bits per heavy atom. The lowest BCUT2D eigenvalue weighted by Gasteiger charge is -2.18. The van der Waals surface area contributed by atoms with Gasteiger partial charge in [0.15, 0.2) is 5.82 Å². The van der Waals surface area contributed by atoms with Crippen LogP contribution in [0.3, 0.4) is 0 Å².